The van der Waals surface area contributed by atoms with E-state index in [1.54, 1.807) is 11.8 Å². The number of nitrogens with one attached hydrogen (secondary N) is 1. The molecule has 0 aromatic rings. The molecule has 1 aliphatic rings. The van der Waals surface area contributed by atoms with Crippen molar-refractivity contribution in [2.45, 2.75) is 31.7 Å². The highest BCUT2D eigenvalue weighted by Crippen LogP contribution is 2.24. The van der Waals surface area contributed by atoms with Crippen molar-refractivity contribution in [2.24, 2.45) is 5.92 Å². The fourth-order valence-corrected chi connectivity index (χ4v) is 2.68. The van der Waals surface area contributed by atoms with Crippen molar-refractivity contribution < 1.29 is 9.90 Å². The highest BCUT2D eigenvalue weighted by atomic mass is 32.2. The third-order valence-corrected chi connectivity index (χ3v) is 3.09. The number of hydrogen-bond donors (Lipinski definition) is 2. The number of aliphatic carboxylic acids is 1. The molecule has 2 N–H and O–H groups in total. The standard InChI is InChI=1S/C8H15NO2S/c1-5(2)3-7-9-6(4-12-7)8(10)11/h5-7,9H,3-4H2,1-2H3,(H,10,11)/t6-,7+/m1/s1. The highest BCUT2D eigenvalue weighted by Gasteiger charge is 2.29. The first-order chi connectivity index (χ1) is 5.59. The Morgan fingerprint density at radius 1 is 1.75 bits per heavy atom. The average molecular weight is 189 g/mol. The molecule has 0 radical (unpaired) electrons. The van der Waals surface area contributed by atoms with Crippen LogP contribution in [0.15, 0.2) is 0 Å². The summed E-state index contributed by atoms with van der Waals surface area (Å²) < 4.78 is 0. The van der Waals surface area contributed by atoms with Gasteiger partial charge in [0.15, 0.2) is 0 Å². The van der Waals surface area contributed by atoms with Crippen molar-refractivity contribution in [1.29, 1.82) is 0 Å². The Kier molecular flexibility index (Phi) is 3.40. The summed E-state index contributed by atoms with van der Waals surface area (Å²) in [7, 11) is 0. The average Bonchev–Trinajstić information content (AvgIpc) is 2.34. The Hall–Kier alpha value is -0.220. The predicted molar refractivity (Wildman–Crippen MR) is 50.3 cm³/mol. The van der Waals surface area contributed by atoms with Gasteiger partial charge in [0.05, 0.1) is 5.37 Å². The van der Waals surface area contributed by atoms with E-state index in [1.165, 1.54) is 0 Å². The molecule has 70 valence electrons. The molecule has 3 nitrogen and oxygen atoms in total. The van der Waals surface area contributed by atoms with Crippen molar-refractivity contribution >= 4 is 17.7 Å². The molecule has 12 heavy (non-hydrogen) atoms. The van der Waals surface area contributed by atoms with Crippen LogP contribution >= 0.6 is 11.8 Å². The van der Waals surface area contributed by atoms with Gasteiger partial charge >= 0.3 is 5.97 Å². The lowest BCUT2D eigenvalue weighted by Gasteiger charge is -2.12. The van der Waals surface area contributed by atoms with Gasteiger partial charge in [0.2, 0.25) is 0 Å². The molecule has 0 saturated carbocycles. The van der Waals surface area contributed by atoms with E-state index >= 15 is 0 Å². The SMILES string of the molecule is CC(C)C[C@H]1N[C@@H](C(=O)O)CS1. The van der Waals surface area contributed by atoms with Crippen molar-refractivity contribution in [1.82, 2.24) is 5.32 Å². The van der Waals surface area contributed by atoms with Crippen molar-refractivity contribution in [3.63, 3.8) is 0 Å². The molecule has 1 saturated heterocycles. The summed E-state index contributed by atoms with van der Waals surface area (Å²) in [6.45, 7) is 4.30. The molecule has 0 spiro atoms. The summed E-state index contributed by atoms with van der Waals surface area (Å²) in [4.78, 5) is 10.6. The van der Waals surface area contributed by atoms with Gasteiger partial charge in [0, 0.05) is 5.75 Å². The van der Waals surface area contributed by atoms with Crippen LogP contribution in [0.1, 0.15) is 20.3 Å². The molecule has 1 aliphatic heterocycles. The van der Waals surface area contributed by atoms with E-state index in [0.29, 0.717) is 17.0 Å². The number of carboxylic acid groups (broad SMARTS) is 1. The van der Waals surface area contributed by atoms with Crippen LogP contribution in [0.2, 0.25) is 0 Å². The Balaban J connectivity index is 2.30. The smallest absolute Gasteiger partial charge is 0.321 e. The number of rotatable bonds is 3. The van der Waals surface area contributed by atoms with Gasteiger partial charge in [-0.15, -0.1) is 11.8 Å². The van der Waals surface area contributed by atoms with Crippen molar-refractivity contribution in [2.75, 3.05) is 5.75 Å². The minimum absolute atomic E-state index is 0.334. The first-order valence-electron chi connectivity index (χ1n) is 4.20. The van der Waals surface area contributed by atoms with Crippen LogP contribution in [0.4, 0.5) is 0 Å². The second-order valence-electron chi connectivity index (χ2n) is 3.51. The van der Waals surface area contributed by atoms with Gasteiger partial charge in [0.1, 0.15) is 6.04 Å². The maximum atomic E-state index is 10.6. The van der Waals surface area contributed by atoms with Crippen LogP contribution in [0.5, 0.6) is 0 Å². The summed E-state index contributed by atoms with van der Waals surface area (Å²) >= 11 is 1.72. The molecular formula is C8H15NO2S. The van der Waals surface area contributed by atoms with Gasteiger partial charge < -0.3 is 5.11 Å². The molecule has 0 aromatic heterocycles. The Bertz CT molecular complexity index is 172. The van der Waals surface area contributed by atoms with Crippen LogP contribution in [0.3, 0.4) is 0 Å². The molecular weight excluding hydrogens is 174 g/mol. The summed E-state index contributed by atoms with van der Waals surface area (Å²) in [5.74, 6) is 0.600. The zero-order chi connectivity index (χ0) is 9.14. The lowest BCUT2D eigenvalue weighted by molar-refractivity contribution is -0.138. The minimum Gasteiger partial charge on any atom is -0.480 e. The largest absolute Gasteiger partial charge is 0.480 e. The molecule has 1 heterocycles. The highest BCUT2D eigenvalue weighted by molar-refractivity contribution is 8.00. The zero-order valence-electron chi connectivity index (χ0n) is 7.41. The van der Waals surface area contributed by atoms with Crippen LogP contribution in [0.25, 0.3) is 0 Å². The molecule has 2 atom stereocenters. The summed E-state index contributed by atoms with van der Waals surface area (Å²) in [5, 5.41) is 12.1. The molecule has 4 heteroatoms. The van der Waals surface area contributed by atoms with Gasteiger partial charge in [-0.05, 0) is 12.3 Å². The van der Waals surface area contributed by atoms with Crippen LogP contribution in [0, 0.1) is 5.92 Å². The van der Waals surface area contributed by atoms with Crippen molar-refractivity contribution in [3.8, 4) is 0 Å². The van der Waals surface area contributed by atoms with E-state index in [9.17, 15) is 4.79 Å². The number of thioether (sulfide) groups is 1. The monoisotopic (exact) mass is 189 g/mol. The van der Waals surface area contributed by atoms with Gasteiger partial charge in [0.25, 0.3) is 0 Å². The minimum atomic E-state index is -0.728. The van der Waals surface area contributed by atoms with E-state index in [2.05, 4.69) is 19.2 Å². The second kappa shape index (κ2) is 4.14. The maximum absolute atomic E-state index is 10.6. The first kappa shape index (κ1) is 9.86. The fourth-order valence-electron chi connectivity index (χ4n) is 1.24. The molecule has 0 bridgehead atoms. The van der Waals surface area contributed by atoms with Crippen molar-refractivity contribution in [3.05, 3.63) is 0 Å². The number of carboxylic acids is 1. The third-order valence-electron chi connectivity index (χ3n) is 1.83. The molecule has 0 unspecified atom stereocenters. The van der Waals surface area contributed by atoms with Crippen LogP contribution in [-0.4, -0.2) is 28.2 Å². The van der Waals surface area contributed by atoms with Crippen LogP contribution < -0.4 is 5.32 Å². The lowest BCUT2D eigenvalue weighted by Crippen LogP contribution is -2.36. The van der Waals surface area contributed by atoms with E-state index in [-0.39, 0.29) is 6.04 Å². The summed E-state index contributed by atoms with van der Waals surface area (Å²) in [5.41, 5.74) is 0. The van der Waals surface area contributed by atoms with Gasteiger partial charge in [-0.25, -0.2) is 0 Å². The third kappa shape index (κ3) is 2.68. The summed E-state index contributed by atoms with van der Waals surface area (Å²) in [6, 6.07) is -0.334. The first-order valence-corrected chi connectivity index (χ1v) is 5.25. The van der Waals surface area contributed by atoms with E-state index in [4.69, 9.17) is 5.11 Å². The van der Waals surface area contributed by atoms with Gasteiger partial charge in [-0.3, -0.25) is 10.1 Å². The van der Waals surface area contributed by atoms with E-state index in [1.807, 2.05) is 0 Å². The van der Waals surface area contributed by atoms with Gasteiger partial charge in [-0.2, -0.15) is 0 Å². The fraction of sp³-hybridized carbons (Fsp3) is 0.875. The zero-order valence-corrected chi connectivity index (χ0v) is 8.23. The molecule has 0 aromatic carbocycles. The van der Waals surface area contributed by atoms with E-state index in [0.717, 1.165) is 6.42 Å². The topological polar surface area (TPSA) is 49.3 Å². The molecule has 0 amide bonds. The number of hydrogen-bond acceptors (Lipinski definition) is 3. The predicted octanol–water partition coefficient (Wildman–Crippen LogP) is 1.15. The maximum Gasteiger partial charge on any atom is 0.321 e. The quantitative estimate of drug-likeness (QED) is 0.699. The van der Waals surface area contributed by atoms with Crippen LogP contribution in [-0.2, 0) is 4.79 Å². The summed E-state index contributed by atoms with van der Waals surface area (Å²) in [6.07, 6.45) is 1.05. The molecule has 1 fully saturated rings. The Morgan fingerprint density at radius 3 is 2.83 bits per heavy atom. The Morgan fingerprint density at radius 2 is 2.42 bits per heavy atom. The normalized spacial score (nSPS) is 29.6. The molecule has 0 aliphatic carbocycles. The van der Waals surface area contributed by atoms with Gasteiger partial charge in [-0.1, -0.05) is 13.8 Å². The van der Waals surface area contributed by atoms with E-state index < -0.39 is 5.97 Å². The molecule has 1 rings (SSSR count). The Labute approximate surface area is 76.9 Å². The number of carbonyl (C=O) groups is 1. The lowest BCUT2D eigenvalue weighted by atomic mass is 10.1. The second-order valence-corrected chi connectivity index (χ2v) is 4.74.